The molecule has 2 fully saturated rings. The summed E-state index contributed by atoms with van der Waals surface area (Å²) in [7, 11) is 0. The summed E-state index contributed by atoms with van der Waals surface area (Å²) >= 11 is 0. The Labute approximate surface area is 105 Å². The first-order chi connectivity index (χ1) is 8.12. The van der Waals surface area contributed by atoms with Crippen molar-refractivity contribution in [2.75, 3.05) is 19.8 Å². The van der Waals surface area contributed by atoms with Crippen molar-refractivity contribution in [2.45, 2.75) is 64.7 Å². The molecule has 0 bridgehead atoms. The normalized spacial score (nSPS) is 33.5. The lowest BCUT2D eigenvalue weighted by Crippen LogP contribution is -2.41. The number of hydrogen-bond donors (Lipinski definition) is 1. The van der Waals surface area contributed by atoms with E-state index in [1.807, 2.05) is 0 Å². The zero-order valence-electron chi connectivity index (χ0n) is 11.5. The number of nitrogens with one attached hydrogen (secondary N) is 1. The molecule has 2 aliphatic rings. The molecular formula is C14H27NO2. The molecule has 100 valence electrons. The molecule has 17 heavy (non-hydrogen) atoms. The van der Waals surface area contributed by atoms with Crippen LogP contribution in [0.4, 0.5) is 0 Å². The minimum atomic E-state index is 0.303. The van der Waals surface area contributed by atoms with Crippen LogP contribution in [0.25, 0.3) is 0 Å². The summed E-state index contributed by atoms with van der Waals surface area (Å²) in [5.74, 6) is 0. The van der Waals surface area contributed by atoms with E-state index in [1.165, 1.54) is 19.3 Å². The predicted molar refractivity (Wildman–Crippen MR) is 69.2 cm³/mol. The fourth-order valence-corrected chi connectivity index (χ4v) is 2.60. The fourth-order valence-electron chi connectivity index (χ4n) is 2.60. The van der Waals surface area contributed by atoms with Crippen LogP contribution in [0, 0.1) is 5.41 Å². The molecule has 3 heteroatoms. The highest BCUT2D eigenvalue weighted by Crippen LogP contribution is 2.38. The first-order valence-electron chi connectivity index (χ1n) is 7.09. The Hall–Kier alpha value is -0.120. The van der Waals surface area contributed by atoms with E-state index in [0.717, 1.165) is 32.2 Å². The third-order valence-corrected chi connectivity index (χ3v) is 4.20. The van der Waals surface area contributed by atoms with Crippen molar-refractivity contribution in [3.8, 4) is 0 Å². The van der Waals surface area contributed by atoms with Gasteiger partial charge in [-0.05, 0) is 46.5 Å². The second-order valence-electron chi connectivity index (χ2n) is 5.95. The first-order valence-corrected chi connectivity index (χ1v) is 7.09. The largest absolute Gasteiger partial charge is 0.379 e. The van der Waals surface area contributed by atoms with Gasteiger partial charge in [-0.3, -0.25) is 0 Å². The lowest BCUT2D eigenvalue weighted by molar-refractivity contribution is 0.0167. The molecule has 0 amide bonds. The minimum absolute atomic E-state index is 0.303. The van der Waals surface area contributed by atoms with Crippen LogP contribution in [0.1, 0.15) is 46.5 Å². The second-order valence-corrected chi connectivity index (χ2v) is 5.95. The van der Waals surface area contributed by atoms with Gasteiger partial charge in [-0.15, -0.1) is 0 Å². The van der Waals surface area contributed by atoms with Crippen LogP contribution in [0.2, 0.25) is 0 Å². The number of ether oxygens (including phenoxy) is 2. The molecule has 1 heterocycles. The second kappa shape index (κ2) is 5.68. The first kappa shape index (κ1) is 13.3. The molecule has 2 atom stereocenters. The molecule has 2 rings (SSSR count). The third kappa shape index (κ3) is 3.67. The van der Waals surface area contributed by atoms with Gasteiger partial charge < -0.3 is 14.8 Å². The Bertz CT molecular complexity index is 240. The summed E-state index contributed by atoms with van der Waals surface area (Å²) < 4.78 is 11.5. The van der Waals surface area contributed by atoms with E-state index in [2.05, 4.69) is 26.1 Å². The van der Waals surface area contributed by atoms with Gasteiger partial charge in [-0.2, -0.15) is 0 Å². The lowest BCUT2D eigenvalue weighted by atomic mass is 9.78. The average molecular weight is 241 g/mol. The molecule has 1 aliphatic heterocycles. The van der Waals surface area contributed by atoms with Gasteiger partial charge in [0.15, 0.2) is 0 Å². The summed E-state index contributed by atoms with van der Waals surface area (Å²) in [6.45, 7) is 9.29. The molecule has 0 aromatic carbocycles. The molecule has 2 unspecified atom stereocenters. The van der Waals surface area contributed by atoms with Crippen molar-refractivity contribution < 1.29 is 9.47 Å². The predicted octanol–water partition coefficient (Wildman–Crippen LogP) is 2.35. The van der Waals surface area contributed by atoms with Gasteiger partial charge in [0, 0.05) is 31.2 Å². The van der Waals surface area contributed by atoms with Gasteiger partial charge in [0.1, 0.15) is 0 Å². The van der Waals surface area contributed by atoms with Crippen LogP contribution < -0.4 is 5.32 Å². The van der Waals surface area contributed by atoms with Gasteiger partial charge in [0.25, 0.3) is 0 Å². The van der Waals surface area contributed by atoms with Crippen LogP contribution in [-0.4, -0.2) is 38.0 Å². The fraction of sp³-hybridized carbons (Fsp3) is 1.00. The van der Waals surface area contributed by atoms with Crippen LogP contribution >= 0.6 is 0 Å². The zero-order chi connectivity index (χ0) is 12.3. The smallest absolute Gasteiger partial charge is 0.0617 e. The van der Waals surface area contributed by atoms with Gasteiger partial charge in [0.2, 0.25) is 0 Å². The maximum absolute atomic E-state index is 5.78. The highest BCUT2D eigenvalue weighted by atomic mass is 16.5. The Balaban J connectivity index is 1.82. The van der Waals surface area contributed by atoms with Gasteiger partial charge in [0.05, 0.1) is 12.2 Å². The van der Waals surface area contributed by atoms with Crippen LogP contribution in [0.15, 0.2) is 0 Å². The van der Waals surface area contributed by atoms with Crippen molar-refractivity contribution in [3.05, 3.63) is 0 Å². The van der Waals surface area contributed by atoms with Crippen molar-refractivity contribution in [3.63, 3.8) is 0 Å². The Morgan fingerprint density at radius 1 is 1.41 bits per heavy atom. The van der Waals surface area contributed by atoms with E-state index >= 15 is 0 Å². The summed E-state index contributed by atoms with van der Waals surface area (Å²) in [5.41, 5.74) is 0.303. The van der Waals surface area contributed by atoms with Crippen molar-refractivity contribution >= 4 is 0 Å². The van der Waals surface area contributed by atoms with E-state index in [-0.39, 0.29) is 0 Å². The van der Waals surface area contributed by atoms with E-state index in [9.17, 15) is 0 Å². The van der Waals surface area contributed by atoms with Crippen molar-refractivity contribution in [2.24, 2.45) is 5.41 Å². The highest BCUT2D eigenvalue weighted by Gasteiger charge is 2.41. The Kier molecular flexibility index (Phi) is 4.45. The van der Waals surface area contributed by atoms with Crippen molar-refractivity contribution in [1.29, 1.82) is 0 Å². The highest BCUT2D eigenvalue weighted by molar-refractivity contribution is 4.94. The van der Waals surface area contributed by atoms with Gasteiger partial charge >= 0.3 is 0 Å². The third-order valence-electron chi connectivity index (χ3n) is 4.20. The number of hydrogen-bond acceptors (Lipinski definition) is 3. The molecular weight excluding hydrogens is 214 g/mol. The van der Waals surface area contributed by atoms with E-state index < -0.39 is 0 Å². The maximum Gasteiger partial charge on any atom is 0.0617 e. The SMILES string of the molecule is CC(C)OCCC1(CNC2CC2)CCOC1C. The zero-order valence-corrected chi connectivity index (χ0v) is 11.5. The summed E-state index contributed by atoms with van der Waals surface area (Å²) in [4.78, 5) is 0. The lowest BCUT2D eigenvalue weighted by Gasteiger charge is -2.33. The van der Waals surface area contributed by atoms with Crippen LogP contribution in [-0.2, 0) is 9.47 Å². The topological polar surface area (TPSA) is 30.5 Å². The molecule has 3 nitrogen and oxygen atoms in total. The van der Waals surface area contributed by atoms with Crippen LogP contribution in [0.5, 0.6) is 0 Å². The molecule has 1 saturated heterocycles. The Morgan fingerprint density at radius 3 is 2.71 bits per heavy atom. The van der Waals surface area contributed by atoms with E-state index in [4.69, 9.17) is 9.47 Å². The monoisotopic (exact) mass is 241 g/mol. The standard InChI is InChI=1S/C14H27NO2/c1-11(2)16-8-6-14(7-9-17-12(14)3)10-15-13-4-5-13/h11-13,15H,4-10H2,1-3H3. The van der Waals surface area contributed by atoms with E-state index in [1.54, 1.807) is 0 Å². The minimum Gasteiger partial charge on any atom is -0.379 e. The maximum atomic E-state index is 5.78. The van der Waals surface area contributed by atoms with E-state index in [0.29, 0.717) is 17.6 Å². The average Bonchev–Trinajstić information content (AvgIpc) is 3.03. The molecule has 1 aliphatic carbocycles. The summed E-state index contributed by atoms with van der Waals surface area (Å²) in [6.07, 6.45) is 5.70. The molecule has 1 N–H and O–H groups in total. The van der Waals surface area contributed by atoms with Gasteiger partial charge in [-0.1, -0.05) is 0 Å². The molecule has 0 aromatic rings. The molecule has 0 radical (unpaired) electrons. The molecule has 0 aromatic heterocycles. The summed E-state index contributed by atoms with van der Waals surface area (Å²) in [5, 5.41) is 3.67. The quantitative estimate of drug-likeness (QED) is 0.742. The van der Waals surface area contributed by atoms with Gasteiger partial charge in [-0.25, -0.2) is 0 Å². The Morgan fingerprint density at radius 2 is 2.18 bits per heavy atom. The van der Waals surface area contributed by atoms with Crippen molar-refractivity contribution in [1.82, 2.24) is 5.32 Å². The molecule has 0 spiro atoms. The summed E-state index contributed by atoms with van der Waals surface area (Å²) in [6, 6.07) is 0.783. The van der Waals surface area contributed by atoms with Crippen LogP contribution in [0.3, 0.4) is 0 Å². The molecule has 1 saturated carbocycles. The number of rotatable bonds is 7.